The molecule has 0 spiro atoms. The van der Waals surface area contributed by atoms with Gasteiger partial charge in [-0.2, -0.15) is 0 Å². The molecule has 4 heteroatoms. The van der Waals surface area contributed by atoms with Gasteiger partial charge in [0.25, 0.3) is 0 Å². The van der Waals surface area contributed by atoms with Gasteiger partial charge >= 0.3 is 0 Å². The van der Waals surface area contributed by atoms with Gasteiger partial charge < -0.3 is 15.0 Å². The minimum Gasteiger partial charge on any atom is -0.378 e. The van der Waals surface area contributed by atoms with Crippen LogP contribution in [0.4, 0.5) is 0 Å². The second kappa shape index (κ2) is 8.07. The van der Waals surface area contributed by atoms with E-state index in [1.807, 2.05) is 18.3 Å². The van der Waals surface area contributed by atoms with Crippen LogP contribution in [0.5, 0.6) is 0 Å². The second-order valence-electron chi connectivity index (χ2n) is 7.33. The molecule has 1 N–H and O–H groups in total. The van der Waals surface area contributed by atoms with Crippen molar-refractivity contribution >= 4 is 12.4 Å². The molecular formula is C23H27N3O. The Morgan fingerprint density at radius 2 is 1.78 bits per heavy atom. The van der Waals surface area contributed by atoms with Crippen molar-refractivity contribution in [3.8, 4) is 11.1 Å². The van der Waals surface area contributed by atoms with E-state index in [0.29, 0.717) is 0 Å². The lowest BCUT2D eigenvalue weighted by Crippen LogP contribution is -2.45. The van der Waals surface area contributed by atoms with Gasteiger partial charge in [0.1, 0.15) is 12.3 Å². The van der Waals surface area contributed by atoms with Crippen molar-refractivity contribution in [3.05, 3.63) is 65.4 Å². The number of aldehydes is 1. The predicted molar refractivity (Wildman–Crippen MR) is 110 cm³/mol. The van der Waals surface area contributed by atoms with Gasteiger partial charge in [-0.3, -0.25) is 4.90 Å². The Kier molecular flexibility index (Phi) is 5.37. The number of fused-ring (bicyclic) bond motifs is 1. The first-order valence-corrected chi connectivity index (χ1v) is 9.83. The Morgan fingerprint density at radius 3 is 2.48 bits per heavy atom. The number of hydrogen-bond donors (Lipinski definition) is 1. The first kappa shape index (κ1) is 18.0. The van der Waals surface area contributed by atoms with Gasteiger partial charge in [0, 0.05) is 32.7 Å². The molecule has 4 nitrogen and oxygen atoms in total. The molecule has 1 atom stereocenters. The summed E-state index contributed by atoms with van der Waals surface area (Å²) in [6.45, 7) is 9.03. The highest BCUT2D eigenvalue weighted by Gasteiger charge is 2.19. The quantitative estimate of drug-likeness (QED) is 0.829. The standard InChI is InChI=1S/C23H27N3O/c1-2-25-12-14-26(15-13-25)16-18-6-8-19(9-7-18)20-4-3-5-22-21(20)10-11-24-23(22)17-27/h3-11,17,23-24H,2,12-16H2,1H3. The third kappa shape index (κ3) is 3.82. The molecule has 27 heavy (non-hydrogen) atoms. The Bertz CT molecular complexity index is 820. The van der Waals surface area contributed by atoms with Crippen molar-refractivity contribution in [2.45, 2.75) is 19.5 Å². The summed E-state index contributed by atoms with van der Waals surface area (Å²) in [4.78, 5) is 16.4. The van der Waals surface area contributed by atoms with Crippen molar-refractivity contribution in [1.29, 1.82) is 0 Å². The van der Waals surface area contributed by atoms with Gasteiger partial charge in [-0.05, 0) is 46.6 Å². The van der Waals surface area contributed by atoms with Crippen molar-refractivity contribution in [3.63, 3.8) is 0 Å². The fourth-order valence-electron chi connectivity index (χ4n) is 4.04. The summed E-state index contributed by atoms with van der Waals surface area (Å²) in [6, 6.07) is 14.8. The zero-order chi connectivity index (χ0) is 18.6. The topological polar surface area (TPSA) is 35.6 Å². The normalized spacial score (nSPS) is 20.1. The molecule has 140 valence electrons. The molecule has 4 rings (SSSR count). The number of carbonyl (C=O) groups is 1. The molecule has 0 bridgehead atoms. The molecule has 1 saturated heterocycles. The summed E-state index contributed by atoms with van der Waals surface area (Å²) in [5.41, 5.74) is 5.92. The zero-order valence-electron chi connectivity index (χ0n) is 15.9. The third-order valence-electron chi connectivity index (χ3n) is 5.72. The number of benzene rings is 2. The van der Waals surface area contributed by atoms with Crippen molar-refractivity contribution < 1.29 is 4.79 Å². The van der Waals surface area contributed by atoms with Gasteiger partial charge in [-0.15, -0.1) is 0 Å². The van der Waals surface area contributed by atoms with Crippen LogP contribution >= 0.6 is 0 Å². The summed E-state index contributed by atoms with van der Waals surface area (Å²) >= 11 is 0. The van der Waals surface area contributed by atoms with E-state index in [1.54, 1.807) is 0 Å². The minimum atomic E-state index is -0.258. The molecule has 0 aliphatic carbocycles. The molecule has 0 aromatic heterocycles. The van der Waals surface area contributed by atoms with Crippen LogP contribution in [0.2, 0.25) is 0 Å². The van der Waals surface area contributed by atoms with E-state index < -0.39 is 0 Å². The number of nitrogens with one attached hydrogen (secondary N) is 1. The van der Waals surface area contributed by atoms with Crippen LogP contribution in [-0.2, 0) is 11.3 Å². The summed E-state index contributed by atoms with van der Waals surface area (Å²) in [5.74, 6) is 0. The Hall–Kier alpha value is -2.43. The maximum absolute atomic E-state index is 11.3. The first-order valence-electron chi connectivity index (χ1n) is 9.83. The minimum absolute atomic E-state index is 0.258. The van der Waals surface area contributed by atoms with Gasteiger partial charge in [-0.1, -0.05) is 49.4 Å². The molecule has 2 aliphatic heterocycles. The lowest BCUT2D eigenvalue weighted by atomic mass is 9.90. The number of nitrogens with zero attached hydrogens (tertiary/aromatic N) is 2. The molecule has 1 fully saturated rings. The smallest absolute Gasteiger partial charge is 0.146 e. The monoisotopic (exact) mass is 361 g/mol. The van der Waals surface area contributed by atoms with Crippen LogP contribution in [0.1, 0.15) is 29.7 Å². The average molecular weight is 361 g/mol. The molecule has 2 aliphatic rings. The van der Waals surface area contributed by atoms with Crippen molar-refractivity contribution in [2.75, 3.05) is 32.7 Å². The number of rotatable bonds is 5. The van der Waals surface area contributed by atoms with E-state index in [4.69, 9.17) is 0 Å². The Morgan fingerprint density at radius 1 is 1.04 bits per heavy atom. The Labute approximate surface area is 161 Å². The highest BCUT2D eigenvalue weighted by atomic mass is 16.1. The van der Waals surface area contributed by atoms with E-state index >= 15 is 0 Å². The summed E-state index contributed by atoms with van der Waals surface area (Å²) in [6.07, 6.45) is 4.90. The third-order valence-corrected chi connectivity index (χ3v) is 5.72. The van der Waals surface area contributed by atoms with Crippen LogP contribution in [0.15, 0.2) is 48.7 Å². The highest BCUT2D eigenvalue weighted by Crippen LogP contribution is 2.32. The average Bonchev–Trinajstić information content (AvgIpc) is 2.74. The zero-order valence-corrected chi connectivity index (χ0v) is 15.9. The molecule has 0 saturated carbocycles. The fraction of sp³-hybridized carbons (Fsp3) is 0.348. The molecule has 2 heterocycles. The van der Waals surface area contributed by atoms with Gasteiger partial charge in [0.05, 0.1) is 0 Å². The predicted octanol–water partition coefficient (Wildman–Crippen LogP) is 3.31. The number of piperazine rings is 1. The van der Waals surface area contributed by atoms with Gasteiger partial charge in [0.2, 0.25) is 0 Å². The second-order valence-corrected chi connectivity index (χ2v) is 7.33. The Balaban J connectivity index is 1.50. The molecular weight excluding hydrogens is 334 g/mol. The van der Waals surface area contributed by atoms with Crippen molar-refractivity contribution in [2.24, 2.45) is 0 Å². The van der Waals surface area contributed by atoms with Gasteiger partial charge in [-0.25, -0.2) is 0 Å². The maximum Gasteiger partial charge on any atom is 0.146 e. The molecule has 0 radical (unpaired) electrons. The molecule has 0 amide bonds. The van der Waals surface area contributed by atoms with E-state index in [0.717, 1.165) is 43.6 Å². The highest BCUT2D eigenvalue weighted by molar-refractivity contribution is 5.81. The van der Waals surface area contributed by atoms with E-state index in [9.17, 15) is 4.79 Å². The lowest BCUT2D eigenvalue weighted by molar-refractivity contribution is -0.109. The van der Waals surface area contributed by atoms with Crippen molar-refractivity contribution in [1.82, 2.24) is 15.1 Å². The van der Waals surface area contributed by atoms with Crippen LogP contribution < -0.4 is 5.32 Å². The molecule has 1 unspecified atom stereocenters. The fourth-order valence-corrected chi connectivity index (χ4v) is 4.04. The largest absolute Gasteiger partial charge is 0.378 e. The first-order chi connectivity index (χ1) is 13.3. The van der Waals surface area contributed by atoms with E-state index in [1.165, 1.54) is 29.8 Å². The van der Waals surface area contributed by atoms with E-state index in [2.05, 4.69) is 58.4 Å². The SMILES string of the molecule is CCN1CCN(Cc2ccc(-c3cccc4c3C=CNC4C=O)cc2)CC1. The molecule has 2 aromatic carbocycles. The van der Waals surface area contributed by atoms with Crippen LogP contribution in [0, 0.1) is 0 Å². The lowest BCUT2D eigenvalue weighted by Gasteiger charge is -2.34. The van der Waals surface area contributed by atoms with Crippen LogP contribution in [0.3, 0.4) is 0 Å². The number of likely N-dealkylation sites (N-methyl/N-ethyl adjacent to an activating group) is 1. The molecule has 2 aromatic rings. The summed E-state index contributed by atoms with van der Waals surface area (Å²) in [7, 11) is 0. The van der Waals surface area contributed by atoms with Crippen LogP contribution in [0.25, 0.3) is 17.2 Å². The maximum atomic E-state index is 11.3. The number of hydrogen-bond acceptors (Lipinski definition) is 4. The van der Waals surface area contributed by atoms with E-state index in [-0.39, 0.29) is 6.04 Å². The summed E-state index contributed by atoms with van der Waals surface area (Å²) in [5, 5.41) is 3.11. The summed E-state index contributed by atoms with van der Waals surface area (Å²) < 4.78 is 0. The number of carbonyl (C=O) groups excluding carboxylic acids is 1. The van der Waals surface area contributed by atoms with Crippen LogP contribution in [-0.4, -0.2) is 48.8 Å². The van der Waals surface area contributed by atoms with Gasteiger partial charge in [0.15, 0.2) is 0 Å².